The quantitative estimate of drug-likeness (QED) is 0.783. The lowest BCUT2D eigenvalue weighted by Gasteiger charge is -2.10. The molecule has 0 aliphatic carbocycles. The third-order valence-electron chi connectivity index (χ3n) is 2.32. The third-order valence-corrected chi connectivity index (χ3v) is 2.32. The van der Waals surface area contributed by atoms with E-state index in [9.17, 15) is 4.79 Å². The Morgan fingerprint density at radius 2 is 2.25 bits per heavy atom. The topological polar surface area (TPSA) is 70.3 Å². The Labute approximate surface area is 94.1 Å². The van der Waals surface area contributed by atoms with E-state index < -0.39 is 5.97 Å². The normalized spacial score (nSPS) is 9.62. The van der Waals surface area contributed by atoms with Crippen molar-refractivity contribution in [2.45, 2.75) is 20.5 Å². The summed E-state index contributed by atoms with van der Waals surface area (Å²) in [7, 11) is 0. The molecule has 4 heteroatoms. The van der Waals surface area contributed by atoms with Gasteiger partial charge in [0.05, 0.1) is 30.4 Å². The van der Waals surface area contributed by atoms with Crippen molar-refractivity contribution in [3.63, 3.8) is 0 Å². The van der Waals surface area contributed by atoms with Crippen molar-refractivity contribution >= 4 is 5.97 Å². The molecule has 0 aromatic heterocycles. The fraction of sp³-hybridized carbons (Fsp3) is 0.333. The summed E-state index contributed by atoms with van der Waals surface area (Å²) in [6, 6.07) is 5.15. The molecule has 4 nitrogen and oxygen atoms in total. The predicted octanol–water partition coefficient (Wildman–Crippen LogP) is 1.54. The van der Waals surface area contributed by atoms with Crippen LogP contribution in [0.3, 0.4) is 0 Å². The van der Waals surface area contributed by atoms with E-state index in [4.69, 9.17) is 15.1 Å². The smallest absolute Gasteiger partial charge is 0.338 e. The number of aliphatic hydroxyl groups excluding tert-OH is 1. The fourth-order valence-electron chi connectivity index (χ4n) is 1.51. The molecule has 0 aliphatic rings. The van der Waals surface area contributed by atoms with Crippen molar-refractivity contribution in [1.82, 2.24) is 0 Å². The van der Waals surface area contributed by atoms with Crippen molar-refractivity contribution in [2.75, 3.05) is 6.61 Å². The van der Waals surface area contributed by atoms with Crippen LogP contribution in [0.2, 0.25) is 0 Å². The SMILES string of the molecule is CCOC(=O)c1c(CO)ccc(C#N)c1C. The van der Waals surface area contributed by atoms with E-state index in [0.717, 1.165) is 0 Å². The van der Waals surface area contributed by atoms with Crippen molar-refractivity contribution in [1.29, 1.82) is 5.26 Å². The number of carbonyl (C=O) groups is 1. The molecule has 1 N–H and O–H groups in total. The lowest BCUT2D eigenvalue weighted by Crippen LogP contribution is -2.11. The summed E-state index contributed by atoms with van der Waals surface area (Å²) in [5.74, 6) is -0.499. The Kier molecular flexibility index (Phi) is 4.03. The van der Waals surface area contributed by atoms with Gasteiger partial charge in [0.25, 0.3) is 0 Å². The van der Waals surface area contributed by atoms with Crippen LogP contribution in [0.15, 0.2) is 12.1 Å². The minimum Gasteiger partial charge on any atom is -0.462 e. The number of aliphatic hydroxyl groups is 1. The van der Waals surface area contributed by atoms with Crippen LogP contribution >= 0.6 is 0 Å². The van der Waals surface area contributed by atoms with Crippen LogP contribution in [0.1, 0.15) is 34.0 Å². The molecule has 0 saturated carbocycles. The Balaban J connectivity index is 3.33. The van der Waals surface area contributed by atoms with Crippen molar-refractivity contribution in [2.24, 2.45) is 0 Å². The number of carbonyl (C=O) groups excluding carboxylic acids is 1. The highest BCUT2D eigenvalue weighted by atomic mass is 16.5. The molecule has 0 saturated heterocycles. The van der Waals surface area contributed by atoms with Gasteiger partial charge < -0.3 is 9.84 Å². The molecule has 1 rings (SSSR count). The summed E-state index contributed by atoms with van der Waals surface area (Å²) >= 11 is 0. The highest BCUT2D eigenvalue weighted by Gasteiger charge is 2.17. The molecule has 84 valence electrons. The van der Waals surface area contributed by atoms with Crippen LogP contribution in [0.5, 0.6) is 0 Å². The number of hydrogen-bond donors (Lipinski definition) is 1. The predicted molar refractivity (Wildman–Crippen MR) is 57.8 cm³/mol. The monoisotopic (exact) mass is 219 g/mol. The Hall–Kier alpha value is -1.86. The summed E-state index contributed by atoms with van der Waals surface area (Å²) in [5.41, 5.74) is 1.74. The second-order valence-electron chi connectivity index (χ2n) is 3.26. The van der Waals surface area contributed by atoms with Crippen molar-refractivity contribution in [3.8, 4) is 6.07 Å². The standard InChI is InChI=1S/C12H13NO3/c1-3-16-12(15)11-8(2)9(6-13)4-5-10(11)7-14/h4-5,14H,3,7H2,1-2H3. The minimum atomic E-state index is -0.499. The van der Waals surface area contributed by atoms with E-state index in [2.05, 4.69) is 0 Å². The zero-order valence-electron chi connectivity index (χ0n) is 9.28. The molecule has 0 atom stereocenters. The first-order valence-electron chi connectivity index (χ1n) is 4.96. The first-order valence-corrected chi connectivity index (χ1v) is 4.96. The van der Waals surface area contributed by atoms with Crippen LogP contribution in [-0.4, -0.2) is 17.7 Å². The fourth-order valence-corrected chi connectivity index (χ4v) is 1.51. The van der Waals surface area contributed by atoms with Crippen LogP contribution in [0.4, 0.5) is 0 Å². The van der Waals surface area contributed by atoms with E-state index in [1.165, 1.54) is 0 Å². The Bertz CT molecular complexity index is 446. The maximum atomic E-state index is 11.7. The highest BCUT2D eigenvalue weighted by Crippen LogP contribution is 2.19. The molecule has 1 aromatic rings. The summed E-state index contributed by atoms with van der Waals surface area (Å²) in [6.45, 7) is 3.39. The molecule has 0 aliphatic heterocycles. The molecule has 1 aromatic carbocycles. The summed E-state index contributed by atoms with van der Waals surface area (Å²) in [6.07, 6.45) is 0. The van der Waals surface area contributed by atoms with Gasteiger partial charge >= 0.3 is 5.97 Å². The average Bonchev–Trinajstić information content (AvgIpc) is 2.28. The van der Waals surface area contributed by atoms with Gasteiger partial charge in [-0.05, 0) is 31.0 Å². The Morgan fingerprint density at radius 3 is 2.75 bits per heavy atom. The minimum absolute atomic E-state index is 0.249. The largest absolute Gasteiger partial charge is 0.462 e. The first-order chi connectivity index (χ1) is 7.65. The number of rotatable bonds is 3. The van der Waals surface area contributed by atoms with Gasteiger partial charge in [-0.2, -0.15) is 5.26 Å². The molecular weight excluding hydrogens is 206 g/mol. The number of benzene rings is 1. The zero-order chi connectivity index (χ0) is 12.1. The van der Waals surface area contributed by atoms with Crippen molar-refractivity contribution in [3.05, 3.63) is 34.4 Å². The lowest BCUT2D eigenvalue weighted by molar-refractivity contribution is 0.0522. The molecule has 0 amide bonds. The van der Waals surface area contributed by atoms with Crippen LogP contribution in [-0.2, 0) is 11.3 Å². The summed E-state index contributed by atoms with van der Waals surface area (Å²) < 4.78 is 4.89. The van der Waals surface area contributed by atoms with Gasteiger partial charge in [0.15, 0.2) is 0 Å². The maximum Gasteiger partial charge on any atom is 0.338 e. The molecule has 0 unspecified atom stereocenters. The number of nitrogens with zero attached hydrogens (tertiary/aromatic N) is 1. The summed E-state index contributed by atoms with van der Waals surface area (Å²) in [5, 5.41) is 18.0. The molecule has 0 bridgehead atoms. The number of ether oxygens (including phenoxy) is 1. The molecule has 0 spiro atoms. The molecule has 0 fully saturated rings. The van der Waals surface area contributed by atoms with Gasteiger partial charge in [-0.25, -0.2) is 4.79 Å². The van der Waals surface area contributed by atoms with E-state index in [0.29, 0.717) is 22.3 Å². The second-order valence-corrected chi connectivity index (χ2v) is 3.26. The Morgan fingerprint density at radius 1 is 1.56 bits per heavy atom. The van der Waals surface area contributed by atoms with Crippen molar-refractivity contribution < 1.29 is 14.6 Å². The second kappa shape index (κ2) is 5.29. The molecule has 0 radical (unpaired) electrons. The van der Waals surface area contributed by atoms with E-state index in [1.807, 2.05) is 6.07 Å². The average molecular weight is 219 g/mol. The van der Waals surface area contributed by atoms with Gasteiger partial charge in [-0.3, -0.25) is 0 Å². The maximum absolute atomic E-state index is 11.7. The highest BCUT2D eigenvalue weighted by molar-refractivity contribution is 5.93. The van der Waals surface area contributed by atoms with Crippen LogP contribution in [0.25, 0.3) is 0 Å². The number of nitriles is 1. The van der Waals surface area contributed by atoms with Gasteiger partial charge in [0, 0.05) is 0 Å². The number of esters is 1. The molecule has 16 heavy (non-hydrogen) atoms. The van der Waals surface area contributed by atoms with Gasteiger partial charge in [0.1, 0.15) is 0 Å². The molecule has 0 heterocycles. The van der Waals surface area contributed by atoms with Crippen LogP contribution in [0, 0.1) is 18.3 Å². The molecular formula is C12H13NO3. The third kappa shape index (κ3) is 2.20. The zero-order valence-corrected chi connectivity index (χ0v) is 9.28. The first kappa shape index (κ1) is 12.2. The number of hydrogen-bond acceptors (Lipinski definition) is 4. The van der Waals surface area contributed by atoms with Gasteiger partial charge in [0.2, 0.25) is 0 Å². The lowest BCUT2D eigenvalue weighted by atomic mass is 9.98. The van der Waals surface area contributed by atoms with E-state index >= 15 is 0 Å². The van der Waals surface area contributed by atoms with E-state index in [-0.39, 0.29) is 13.2 Å². The van der Waals surface area contributed by atoms with E-state index in [1.54, 1.807) is 26.0 Å². The van der Waals surface area contributed by atoms with Crippen LogP contribution < -0.4 is 0 Å². The van der Waals surface area contributed by atoms with Gasteiger partial charge in [-0.1, -0.05) is 6.07 Å². The van der Waals surface area contributed by atoms with Gasteiger partial charge in [-0.15, -0.1) is 0 Å². The summed E-state index contributed by atoms with van der Waals surface area (Å²) in [4.78, 5) is 11.7.